The number of amides is 2. The van der Waals surface area contributed by atoms with Crippen molar-refractivity contribution in [2.45, 2.75) is 12.3 Å². The van der Waals surface area contributed by atoms with Crippen LogP contribution in [0.25, 0.3) is 22.2 Å². The fraction of sp³-hybridized carbons (Fsp3) is 0.120. The minimum absolute atomic E-state index is 0.0307. The molecule has 32 heavy (non-hydrogen) atoms. The summed E-state index contributed by atoms with van der Waals surface area (Å²) in [6, 6.07) is 17.5. The molecule has 156 valence electrons. The Labute approximate surface area is 183 Å². The Morgan fingerprint density at radius 1 is 1.06 bits per heavy atom. The Hall–Kier alpha value is -4.26. The first-order valence-corrected chi connectivity index (χ1v) is 10.5. The minimum atomic E-state index is -0.310. The minimum Gasteiger partial charge on any atom is -0.354 e. The first kappa shape index (κ1) is 18.5. The maximum Gasteiger partial charge on any atom is 0.272 e. The zero-order valence-corrected chi connectivity index (χ0v) is 17.0. The number of hydrogen-bond donors (Lipinski definition) is 3. The maximum atomic E-state index is 12.9. The summed E-state index contributed by atoms with van der Waals surface area (Å²) in [6.45, 7) is 0. The summed E-state index contributed by atoms with van der Waals surface area (Å²) in [5.74, 6) is -0.156. The third-order valence-electron chi connectivity index (χ3n) is 6.13. The molecule has 2 aliphatic rings. The molecule has 2 aromatic carbocycles. The van der Waals surface area contributed by atoms with Crippen LogP contribution in [0.1, 0.15) is 33.8 Å². The highest BCUT2D eigenvalue weighted by molar-refractivity contribution is 6.18. The molecule has 0 unspecified atom stereocenters. The number of nitrogens with zero attached hydrogens (tertiary/aromatic N) is 2. The Balaban J connectivity index is 1.36. The van der Waals surface area contributed by atoms with Gasteiger partial charge < -0.3 is 10.3 Å². The summed E-state index contributed by atoms with van der Waals surface area (Å²) in [4.78, 5) is 33.1. The van der Waals surface area contributed by atoms with Crippen molar-refractivity contribution in [2.75, 3.05) is 5.32 Å². The SMILES string of the molecule is O=C1NN=Cc2c(-c3ccncc3)[nH]c3cc(NC(=O)[C@@H]4C[C@H]4c4ccccc4)cc1c23. The molecule has 7 heteroatoms. The van der Waals surface area contributed by atoms with E-state index in [2.05, 4.69) is 37.9 Å². The highest BCUT2D eigenvalue weighted by Crippen LogP contribution is 2.48. The van der Waals surface area contributed by atoms with Gasteiger partial charge in [-0.2, -0.15) is 5.10 Å². The van der Waals surface area contributed by atoms with Gasteiger partial charge in [0.15, 0.2) is 0 Å². The van der Waals surface area contributed by atoms with E-state index in [9.17, 15) is 9.59 Å². The number of carbonyl (C=O) groups is 2. The van der Waals surface area contributed by atoms with Gasteiger partial charge in [0.25, 0.3) is 5.91 Å². The van der Waals surface area contributed by atoms with Crippen molar-refractivity contribution in [3.8, 4) is 11.3 Å². The van der Waals surface area contributed by atoms with E-state index < -0.39 is 0 Å². The molecular weight excluding hydrogens is 402 g/mol. The summed E-state index contributed by atoms with van der Waals surface area (Å²) in [5, 5.41) is 7.87. The van der Waals surface area contributed by atoms with Crippen molar-refractivity contribution < 1.29 is 9.59 Å². The molecule has 0 bridgehead atoms. The second-order valence-corrected chi connectivity index (χ2v) is 8.14. The molecule has 2 aromatic heterocycles. The fourth-order valence-corrected chi connectivity index (χ4v) is 4.49. The van der Waals surface area contributed by atoms with Crippen LogP contribution in [-0.4, -0.2) is 28.0 Å². The molecule has 6 rings (SSSR count). The fourth-order valence-electron chi connectivity index (χ4n) is 4.49. The van der Waals surface area contributed by atoms with Gasteiger partial charge in [0.1, 0.15) is 0 Å². The summed E-state index contributed by atoms with van der Waals surface area (Å²) in [7, 11) is 0. The highest BCUT2D eigenvalue weighted by atomic mass is 16.2. The predicted molar refractivity (Wildman–Crippen MR) is 123 cm³/mol. The van der Waals surface area contributed by atoms with Crippen LogP contribution in [0.2, 0.25) is 0 Å². The van der Waals surface area contributed by atoms with Gasteiger partial charge in [-0.3, -0.25) is 14.6 Å². The Morgan fingerprint density at radius 3 is 2.69 bits per heavy atom. The highest BCUT2D eigenvalue weighted by Gasteiger charge is 2.43. The number of hydrogen-bond acceptors (Lipinski definition) is 4. The molecule has 3 N–H and O–H groups in total. The van der Waals surface area contributed by atoms with Crippen LogP contribution in [0, 0.1) is 5.92 Å². The monoisotopic (exact) mass is 421 g/mol. The number of anilines is 1. The van der Waals surface area contributed by atoms with E-state index in [1.54, 1.807) is 24.7 Å². The van der Waals surface area contributed by atoms with Crippen LogP contribution in [-0.2, 0) is 4.79 Å². The van der Waals surface area contributed by atoms with Crippen LogP contribution >= 0.6 is 0 Å². The molecular formula is C25H19N5O2. The smallest absolute Gasteiger partial charge is 0.272 e. The number of aromatic nitrogens is 2. The van der Waals surface area contributed by atoms with Gasteiger partial charge in [-0.15, -0.1) is 0 Å². The van der Waals surface area contributed by atoms with E-state index in [1.165, 1.54) is 5.56 Å². The lowest BCUT2D eigenvalue weighted by atomic mass is 10.0. The number of aromatic amines is 1. The molecule has 2 amide bonds. The maximum absolute atomic E-state index is 12.9. The Kier molecular flexibility index (Phi) is 4.14. The first-order chi connectivity index (χ1) is 15.7. The molecule has 0 spiro atoms. The summed E-state index contributed by atoms with van der Waals surface area (Å²) in [5.41, 5.74) is 8.16. The standard InChI is InChI=1S/C25H19N5O2/c31-24(18-12-17(18)14-4-2-1-3-5-14)28-16-10-19-22-20(13-27-30-25(19)32)23(29-21(22)11-16)15-6-8-26-9-7-15/h1-11,13,17-18,29H,12H2,(H,28,31)(H,30,32)/t17-,18+/m0/s1. The molecule has 7 nitrogen and oxygen atoms in total. The molecule has 4 aromatic rings. The lowest BCUT2D eigenvalue weighted by Gasteiger charge is -2.08. The summed E-state index contributed by atoms with van der Waals surface area (Å²) < 4.78 is 0. The molecule has 1 aliphatic heterocycles. The zero-order valence-electron chi connectivity index (χ0n) is 17.0. The molecule has 1 fully saturated rings. The third kappa shape index (κ3) is 3.06. The first-order valence-electron chi connectivity index (χ1n) is 10.5. The van der Waals surface area contributed by atoms with Crippen LogP contribution in [0.15, 0.2) is 72.1 Å². The largest absolute Gasteiger partial charge is 0.354 e. The van der Waals surface area contributed by atoms with Crippen LogP contribution in [0.5, 0.6) is 0 Å². The third-order valence-corrected chi connectivity index (χ3v) is 6.13. The molecule has 2 atom stereocenters. The van der Waals surface area contributed by atoms with Crippen molar-refractivity contribution in [2.24, 2.45) is 11.0 Å². The van der Waals surface area contributed by atoms with Gasteiger partial charge in [0.05, 0.1) is 17.5 Å². The number of nitrogens with one attached hydrogen (secondary N) is 3. The number of carbonyl (C=O) groups excluding carboxylic acids is 2. The Morgan fingerprint density at radius 2 is 1.88 bits per heavy atom. The van der Waals surface area contributed by atoms with E-state index in [0.29, 0.717) is 11.3 Å². The summed E-state index contributed by atoms with van der Waals surface area (Å²) >= 11 is 0. The number of hydrazone groups is 1. The average Bonchev–Trinajstić information content (AvgIpc) is 3.57. The van der Waals surface area contributed by atoms with Crippen molar-refractivity contribution in [3.63, 3.8) is 0 Å². The zero-order chi connectivity index (χ0) is 21.7. The number of H-pyrrole nitrogens is 1. The number of benzene rings is 2. The number of pyridine rings is 1. The van der Waals surface area contributed by atoms with Gasteiger partial charge in [-0.1, -0.05) is 30.3 Å². The molecule has 0 radical (unpaired) electrons. The second kappa shape index (κ2) is 7.16. The normalized spacial score (nSPS) is 18.8. The van der Waals surface area contributed by atoms with Crippen LogP contribution in [0.4, 0.5) is 5.69 Å². The quantitative estimate of drug-likeness (QED) is 0.464. The molecule has 1 aliphatic carbocycles. The van der Waals surface area contributed by atoms with E-state index in [4.69, 9.17) is 0 Å². The Bertz CT molecular complexity index is 1390. The lowest BCUT2D eigenvalue weighted by Crippen LogP contribution is -2.18. The van der Waals surface area contributed by atoms with Gasteiger partial charge in [0.2, 0.25) is 5.91 Å². The van der Waals surface area contributed by atoms with Gasteiger partial charge in [-0.05, 0) is 42.2 Å². The van der Waals surface area contributed by atoms with E-state index >= 15 is 0 Å². The second-order valence-electron chi connectivity index (χ2n) is 8.14. The van der Waals surface area contributed by atoms with E-state index in [-0.39, 0.29) is 23.7 Å². The van der Waals surface area contributed by atoms with Gasteiger partial charge >= 0.3 is 0 Å². The van der Waals surface area contributed by atoms with Crippen molar-refractivity contribution in [1.29, 1.82) is 0 Å². The average molecular weight is 421 g/mol. The van der Waals surface area contributed by atoms with Crippen LogP contribution in [0.3, 0.4) is 0 Å². The van der Waals surface area contributed by atoms with Crippen LogP contribution < -0.4 is 10.7 Å². The predicted octanol–water partition coefficient (Wildman–Crippen LogP) is 4.05. The number of rotatable bonds is 4. The van der Waals surface area contributed by atoms with Crippen molar-refractivity contribution in [1.82, 2.24) is 15.4 Å². The lowest BCUT2D eigenvalue weighted by molar-refractivity contribution is -0.117. The van der Waals surface area contributed by atoms with E-state index in [1.807, 2.05) is 36.4 Å². The van der Waals surface area contributed by atoms with Crippen molar-refractivity contribution >= 4 is 34.6 Å². The van der Waals surface area contributed by atoms with E-state index in [0.717, 1.165) is 34.1 Å². The van der Waals surface area contributed by atoms with Gasteiger partial charge in [0, 0.05) is 46.0 Å². The topological polar surface area (TPSA) is 99.2 Å². The van der Waals surface area contributed by atoms with Gasteiger partial charge in [-0.25, -0.2) is 5.43 Å². The summed E-state index contributed by atoms with van der Waals surface area (Å²) in [6.07, 6.45) is 5.92. The molecule has 1 saturated carbocycles. The molecule has 3 heterocycles. The molecule has 0 saturated heterocycles. The van der Waals surface area contributed by atoms with Crippen molar-refractivity contribution in [3.05, 3.63) is 83.7 Å².